The zero-order chi connectivity index (χ0) is 12.3. The molecule has 0 atom stereocenters. The molecule has 0 aliphatic carbocycles. The van der Waals surface area contributed by atoms with E-state index in [2.05, 4.69) is 14.7 Å². The van der Waals surface area contributed by atoms with E-state index in [1.165, 1.54) is 0 Å². The summed E-state index contributed by atoms with van der Waals surface area (Å²) in [5.74, 6) is 0.414. The van der Waals surface area contributed by atoms with Crippen LogP contribution in [-0.4, -0.2) is 15.3 Å². The standard InChI is InChI=1S/C11H10ClN3OS/c1-7-14-11(17-15-7)10(16)13-6-8-2-4-9(12)5-3-8/h2-5H,6H2,1H3,(H,13,16). The molecule has 0 radical (unpaired) electrons. The van der Waals surface area contributed by atoms with Crippen molar-refractivity contribution >= 4 is 29.0 Å². The maximum Gasteiger partial charge on any atom is 0.282 e. The second-order valence-electron chi connectivity index (χ2n) is 3.46. The summed E-state index contributed by atoms with van der Waals surface area (Å²) in [4.78, 5) is 15.7. The van der Waals surface area contributed by atoms with Crippen LogP contribution in [-0.2, 0) is 6.54 Å². The Balaban J connectivity index is 1.94. The fourth-order valence-electron chi connectivity index (χ4n) is 1.25. The molecule has 2 rings (SSSR count). The van der Waals surface area contributed by atoms with Crippen molar-refractivity contribution in [3.05, 3.63) is 45.7 Å². The van der Waals surface area contributed by atoms with Crippen LogP contribution in [0.1, 0.15) is 21.2 Å². The van der Waals surface area contributed by atoms with Crippen LogP contribution < -0.4 is 5.32 Å². The Hall–Kier alpha value is -1.46. The molecule has 1 heterocycles. The number of benzene rings is 1. The Morgan fingerprint density at radius 3 is 2.71 bits per heavy atom. The van der Waals surface area contributed by atoms with Crippen molar-refractivity contribution in [2.24, 2.45) is 0 Å². The highest BCUT2D eigenvalue weighted by atomic mass is 35.5. The quantitative estimate of drug-likeness (QED) is 0.929. The van der Waals surface area contributed by atoms with Crippen LogP contribution in [0.2, 0.25) is 5.02 Å². The molecule has 1 amide bonds. The number of hydrogen-bond acceptors (Lipinski definition) is 4. The number of aryl methyl sites for hydroxylation is 1. The van der Waals surface area contributed by atoms with Gasteiger partial charge in [-0.2, -0.15) is 4.37 Å². The van der Waals surface area contributed by atoms with Crippen molar-refractivity contribution in [3.63, 3.8) is 0 Å². The van der Waals surface area contributed by atoms with E-state index < -0.39 is 0 Å². The van der Waals surface area contributed by atoms with Crippen molar-refractivity contribution in [2.45, 2.75) is 13.5 Å². The second kappa shape index (κ2) is 5.25. The van der Waals surface area contributed by atoms with E-state index in [1.807, 2.05) is 12.1 Å². The van der Waals surface area contributed by atoms with E-state index in [0.717, 1.165) is 17.1 Å². The third-order valence-electron chi connectivity index (χ3n) is 2.09. The lowest BCUT2D eigenvalue weighted by molar-refractivity contribution is 0.0950. The normalized spacial score (nSPS) is 10.2. The van der Waals surface area contributed by atoms with Crippen LogP contribution in [0.25, 0.3) is 0 Å². The first-order valence-corrected chi connectivity index (χ1v) is 6.13. The number of nitrogens with zero attached hydrogens (tertiary/aromatic N) is 2. The van der Waals surface area contributed by atoms with Gasteiger partial charge in [0.25, 0.3) is 5.91 Å². The van der Waals surface area contributed by atoms with Crippen molar-refractivity contribution in [2.75, 3.05) is 0 Å². The smallest absolute Gasteiger partial charge is 0.282 e. The lowest BCUT2D eigenvalue weighted by atomic mass is 10.2. The Morgan fingerprint density at radius 2 is 2.12 bits per heavy atom. The molecule has 1 aromatic heterocycles. The number of carbonyl (C=O) groups is 1. The molecule has 88 valence electrons. The highest BCUT2D eigenvalue weighted by Gasteiger charge is 2.10. The summed E-state index contributed by atoms with van der Waals surface area (Å²) in [5, 5.41) is 3.84. The van der Waals surface area contributed by atoms with E-state index in [-0.39, 0.29) is 5.91 Å². The summed E-state index contributed by atoms with van der Waals surface area (Å²) in [5.41, 5.74) is 0.990. The number of hydrogen-bond donors (Lipinski definition) is 1. The zero-order valence-electron chi connectivity index (χ0n) is 9.11. The van der Waals surface area contributed by atoms with Gasteiger partial charge >= 0.3 is 0 Å². The Kier molecular flexibility index (Phi) is 3.71. The molecule has 0 saturated heterocycles. The van der Waals surface area contributed by atoms with Gasteiger partial charge in [-0.3, -0.25) is 4.79 Å². The maximum absolute atomic E-state index is 11.7. The van der Waals surface area contributed by atoms with Gasteiger partial charge in [-0.1, -0.05) is 23.7 Å². The highest BCUT2D eigenvalue weighted by molar-refractivity contribution is 7.07. The monoisotopic (exact) mass is 267 g/mol. The largest absolute Gasteiger partial charge is 0.346 e. The number of carbonyl (C=O) groups excluding carboxylic acids is 1. The molecule has 6 heteroatoms. The van der Waals surface area contributed by atoms with Gasteiger partial charge in [0.05, 0.1) is 0 Å². The number of amides is 1. The van der Waals surface area contributed by atoms with E-state index in [0.29, 0.717) is 22.4 Å². The van der Waals surface area contributed by atoms with E-state index in [4.69, 9.17) is 11.6 Å². The Morgan fingerprint density at radius 1 is 1.41 bits per heavy atom. The molecule has 0 saturated carbocycles. The molecular weight excluding hydrogens is 258 g/mol. The van der Waals surface area contributed by atoms with Crippen LogP contribution in [0.3, 0.4) is 0 Å². The summed E-state index contributed by atoms with van der Waals surface area (Å²) in [6, 6.07) is 7.32. The van der Waals surface area contributed by atoms with Gasteiger partial charge in [-0.05, 0) is 36.2 Å². The second-order valence-corrected chi connectivity index (χ2v) is 4.64. The zero-order valence-corrected chi connectivity index (χ0v) is 10.7. The number of nitrogens with one attached hydrogen (secondary N) is 1. The molecule has 4 nitrogen and oxygen atoms in total. The minimum atomic E-state index is -0.203. The molecular formula is C11H10ClN3OS. The lowest BCUT2D eigenvalue weighted by Gasteiger charge is -2.02. The molecule has 0 spiro atoms. The first kappa shape index (κ1) is 12.0. The van der Waals surface area contributed by atoms with Gasteiger partial charge in [0.2, 0.25) is 5.01 Å². The third-order valence-corrected chi connectivity index (χ3v) is 3.15. The van der Waals surface area contributed by atoms with Gasteiger partial charge in [-0.25, -0.2) is 4.98 Å². The molecule has 0 fully saturated rings. The SMILES string of the molecule is Cc1nsc(C(=O)NCc2ccc(Cl)cc2)n1. The first-order chi connectivity index (χ1) is 8.15. The minimum absolute atomic E-state index is 0.203. The predicted octanol–water partition coefficient (Wildman–Crippen LogP) is 2.43. The van der Waals surface area contributed by atoms with Crippen LogP contribution in [0, 0.1) is 6.92 Å². The van der Waals surface area contributed by atoms with Crippen LogP contribution in [0.5, 0.6) is 0 Å². The topological polar surface area (TPSA) is 54.9 Å². The molecule has 1 aromatic carbocycles. The minimum Gasteiger partial charge on any atom is -0.346 e. The molecule has 0 bridgehead atoms. The Labute approximate surface area is 108 Å². The van der Waals surface area contributed by atoms with Crippen LogP contribution >= 0.6 is 23.1 Å². The van der Waals surface area contributed by atoms with Gasteiger partial charge in [0.15, 0.2) is 0 Å². The van der Waals surface area contributed by atoms with Gasteiger partial charge in [0, 0.05) is 11.6 Å². The van der Waals surface area contributed by atoms with Crippen LogP contribution in [0.4, 0.5) is 0 Å². The lowest BCUT2D eigenvalue weighted by Crippen LogP contribution is -2.22. The third kappa shape index (κ3) is 3.25. The maximum atomic E-state index is 11.7. The van der Waals surface area contributed by atoms with Crippen molar-refractivity contribution in [1.29, 1.82) is 0 Å². The van der Waals surface area contributed by atoms with Crippen molar-refractivity contribution in [3.8, 4) is 0 Å². The highest BCUT2D eigenvalue weighted by Crippen LogP contribution is 2.09. The van der Waals surface area contributed by atoms with E-state index in [9.17, 15) is 4.79 Å². The summed E-state index contributed by atoms with van der Waals surface area (Å²) < 4.78 is 3.96. The summed E-state index contributed by atoms with van der Waals surface area (Å²) in [7, 11) is 0. The molecule has 17 heavy (non-hydrogen) atoms. The van der Waals surface area contributed by atoms with E-state index >= 15 is 0 Å². The molecule has 0 aliphatic heterocycles. The van der Waals surface area contributed by atoms with Crippen molar-refractivity contribution in [1.82, 2.24) is 14.7 Å². The summed E-state index contributed by atoms with van der Waals surface area (Å²) in [6.07, 6.45) is 0. The number of halogens is 1. The van der Waals surface area contributed by atoms with Gasteiger partial charge in [-0.15, -0.1) is 0 Å². The summed E-state index contributed by atoms with van der Waals surface area (Å²) >= 11 is 6.87. The van der Waals surface area contributed by atoms with Gasteiger partial charge in [0.1, 0.15) is 5.82 Å². The molecule has 1 N–H and O–H groups in total. The van der Waals surface area contributed by atoms with E-state index in [1.54, 1.807) is 19.1 Å². The molecule has 0 aliphatic rings. The molecule has 0 unspecified atom stereocenters. The molecule has 2 aromatic rings. The number of rotatable bonds is 3. The average Bonchev–Trinajstić information content (AvgIpc) is 2.75. The fraction of sp³-hybridized carbons (Fsp3) is 0.182. The Bertz CT molecular complexity index is 524. The van der Waals surface area contributed by atoms with Crippen LogP contribution in [0.15, 0.2) is 24.3 Å². The van der Waals surface area contributed by atoms with Gasteiger partial charge < -0.3 is 5.32 Å². The van der Waals surface area contributed by atoms with Crippen molar-refractivity contribution < 1.29 is 4.79 Å². The summed E-state index contributed by atoms with van der Waals surface area (Å²) in [6.45, 7) is 2.21. The number of aromatic nitrogens is 2. The average molecular weight is 268 g/mol. The predicted molar refractivity (Wildman–Crippen MR) is 67.3 cm³/mol. The first-order valence-electron chi connectivity index (χ1n) is 4.98. The fourth-order valence-corrected chi connectivity index (χ4v) is 1.96.